The summed E-state index contributed by atoms with van der Waals surface area (Å²) in [5, 5.41) is 8.60. The molecule has 0 radical (unpaired) electrons. The summed E-state index contributed by atoms with van der Waals surface area (Å²) < 4.78 is 39.2. The van der Waals surface area contributed by atoms with Crippen LogP contribution in [-0.4, -0.2) is 11.3 Å². The monoisotopic (exact) mass is 217 g/mol. The van der Waals surface area contributed by atoms with Crippen molar-refractivity contribution in [3.05, 3.63) is 17.3 Å². The van der Waals surface area contributed by atoms with Gasteiger partial charge in [-0.1, -0.05) is 0 Å². The molecule has 1 aromatic rings. The minimum absolute atomic E-state index is 0.0632. The Morgan fingerprint density at radius 1 is 1.53 bits per heavy atom. The summed E-state index contributed by atoms with van der Waals surface area (Å²) in [6.07, 6.45) is -3.78. The number of nitrogens with two attached hydrogens (primary N) is 1. The van der Waals surface area contributed by atoms with E-state index in [-0.39, 0.29) is 5.69 Å². The van der Waals surface area contributed by atoms with Gasteiger partial charge in [0.2, 0.25) is 5.88 Å². The Hall–Kier alpha value is -1.97. The molecule has 0 bridgehead atoms. The predicted molar refractivity (Wildman–Crippen MR) is 44.8 cm³/mol. The number of anilines is 1. The van der Waals surface area contributed by atoms with Gasteiger partial charge in [0.1, 0.15) is 11.6 Å². The third-order valence-corrected chi connectivity index (χ3v) is 1.61. The second-order valence-corrected chi connectivity index (χ2v) is 2.69. The normalized spacial score (nSPS) is 10.9. The number of aryl methyl sites for hydroxylation is 1. The predicted octanol–water partition coefficient (Wildman–Crippen LogP) is 1.74. The van der Waals surface area contributed by atoms with Crippen molar-refractivity contribution in [3.63, 3.8) is 0 Å². The minimum atomic E-state index is -4.89. The molecule has 1 aromatic heterocycles. The summed E-state index contributed by atoms with van der Waals surface area (Å²) in [6, 6.07) is 1.51. The molecule has 0 amide bonds. The van der Waals surface area contributed by atoms with Crippen LogP contribution in [-0.2, 0) is 0 Å². The molecular weight excluding hydrogens is 211 g/mol. The van der Waals surface area contributed by atoms with Crippen molar-refractivity contribution in [1.29, 1.82) is 5.26 Å². The lowest BCUT2D eigenvalue weighted by Crippen LogP contribution is -2.19. The lowest BCUT2D eigenvalue weighted by molar-refractivity contribution is -0.276. The number of ether oxygens (including phenoxy) is 1. The Kier molecular flexibility index (Phi) is 2.70. The van der Waals surface area contributed by atoms with Crippen molar-refractivity contribution >= 4 is 5.69 Å². The Bertz CT molecular complexity index is 422. The third kappa shape index (κ3) is 2.49. The highest BCUT2D eigenvalue weighted by molar-refractivity contribution is 5.62. The van der Waals surface area contributed by atoms with Gasteiger partial charge in [-0.2, -0.15) is 5.26 Å². The van der Waals surface area contributed by atoms with Gasteiger partial charge in [-0.15, -0.1) is 13.2 Å². The molecule has 80 valence electrons. The number of rotatable bonds is 1. The molecule has 0 saturated heterocycles. The van der Waals surface area contributed by atoms with Crippen molar-refractivity contribution in [2.45, 2.75) is 13.3 Å². The van der Waals surface area contributed by atoms with E-state index >= 15 is 0 Å². The highest BCUT2D eigenvalue weighted by Crippen LogP contribution is 2.28. The van der Waals surface area contributed by atoms with E-state index in [1.54, 1.807) is 0 Å². The zero-order valence-corrected chi connectivity index (χ0v) is 7.59. The number of hydrogen-bond donors (Lipinski definition) is 1. The van der Waals surface area contributed by atoms with Crippen LogP contribution >= 0.6 is 0 Å². The quantitative estimate of drug-likeness (QED) is 0.777. The maximum Gasteiger partial charge on any atom is 0.574 e. The summed E-state index contributed by atoms with van der Waals surface area (Å²) >= 11 is 0. The number of hydrogen-bond acceptors (Lipinski definition) is 4. The summed E-state index contributed by atoms with van der Waals surface area (Å²) in [5.74, 6) is -0.826. The number of alkyl halides is 3. The zero-order valence-electron chi connectivity index (χ0n) is 7.59. The van der Waals surface area contributed by atoms with Gasteiger partial charge >= 0.3 is 6.36 Å². The topological polar surface area (TPSA) is 71.9 Å². The standard InChI is InChI=1S/C8H6F3N3O/c1-4-3-14-7(15-8(9,10)11)5(2-12)6(4)13/h3H,1H3,(H2,13,14). The van der Waals surface area contributed by atoms with Crippen molar-refractivity contribution in [3.8, 4) is 11.9 Å². The molecule has 1 heterocycles. The van der Waals surface area contributed by atoms with Crippen LogP contribution in [0, 0.1) is 18.3 Å². The molecule has 4 nitrogen and oxygen atoms in total. The lowest BCUT2D eigenvalue weighted by atomic mass is 10.2. The molecule has 0 aliphatic heterocycles. The molecule has 0 saturated carbocycles. The Morgan fingerprint density at radius 2 is 2.13 bits per heavy atom. The molecule has 0 aliphatic rings. The van der Waals surface area contributed by atoms with Gasteiger partial charge in [-0.25, -0.2) is 4.98 Å². The van der Waals surface area contributed by atoms with Crippen molar-refractivity contribution in [2.24, 2.45) is 0 Å². The second-order valence-electron chi connectivity index (χ2n) is 2.69. The number of nitrogen functional groups attached to an aromatic ring is 1. The van der Waals surface area contributed by atoms with Crippen LogP contribution in [0.2, 0.25) is 0 Å². The first-order valence-electron chi connectivity index (χ1n) is 3.76. The van der Waals surface area contributed by atoms with Crippen LogP contribution in [0.1, 0.15) is 11.1 Å². The summed E-state index contributed by atoms with van der Waals surface area (Å²) in [5.41, 5.74) is 5.35. The SMILES string of the molecule is Cc1cnc(OC(F)(F)F)c(C#N)c1N. The van der Waals surface area contributed by atoms with Gasteiger partial charge in [0.05, 0.1) is 5.69 Å². The van der Waals surface area contributed by atoms with Crippen molar-refractivity contribution in [2.75, 3.05) is 5.73 Å². The molecule has 0 unspecified atom stereocenters. The van der Waals surface area contributed by atoms with Gasteiger partial charge in [0, 0.05) is 6.20 Å². The van der Waals surface area contributed by atoms with Gasteiger partial charge in [-0.3, -0.25) is 0 Å². The molecule has 0 aromatic carbocycles. The van der Waals surface area contributed by atoms with E-state index in [9.17, 15) is 13.2 Å². The average Bonchev–Trinajstić information content (AvgIpc) is 2.10. The maximum absolute atomic E-state index is 11.9. The molecule has 0 fully saturated rings. The second kappa shape index (κ2) is 3.65. The highest BCUT2D eigenvalue weighted by atomic mass is 19.4. The average molecular weight is 217 g/mol. The molecule has 0 atom stereocenters. The fraction of sp³-hybridized carbons (Fsp3) is 0.250. The summed E-state index contributed by atoms with van der Waals surface area (Å²) in [7, 11) is 0. The maximum atomic E-state index is 11.9. The lowest BCUT2D eigenvalue weighted by Gasteiger charge is -2.10. The van der Waals surface area contributed by atoms with Gasteiger partial charge in [-0.05, 0) is 12.5 Å². The van der Waals surface area contributed by atoms with Gasteiger partial charge < -0.3 is 10.5 Å². The smallest absolute Gasteiger partial charge is 0.397 e. The molecule has 1 rings (SSSR count). The first-order valence-corrected chi connectivity index (χ1v) is 3.76. The molecular formula is C8H6F3N3O. The van der Waals surface area contributed by atoms with Crippen LogP contribution < -0.4 is 10.5 Å². The van der Waals surface area contributed by atoms with E-state index in [1.165, 1.54) is 13.0 Å². The Labute approximate surface area is 83.1 Å². The first-order chi connectivity index (χ1) is 6.85. The number of nitriles is 1. The third-order valence-electron chi connectivity index (χ3n) is 1.61. The van der Waals surface area contributed by atoms with Crippen LogP contribution in [0.5, 0.6) is 5.88 Å². The van der Waals surface area contributed by atoms with Crippen LogP contribution in [0.4, 0.5) is 18.9 Å². The largest absolute Gasteiger partial charge is 0.574 e. The summed E-state index contributed by atoms with van der Waals surface area (Å²) in [6.45, 7) is 1.53. The van der Waals surface area contributed by atoms with E-state index in [0.717, 1.165) is 6.20 Å². The zero-order chi connectivity index (χ0) is 11.6. The van der Waals surface area contributed by atoms with E-state index in [2.05, 4.69) is 9.72 Å². The van der Waals surface area contributed by atoms with E-state index in [0.29, 0.717) is 5.56 Å². The number of pyridine rings is 1. The van der Waals surface area contributed by atoms with Crippen LogP contribution in [0.15, 0.2) is 6.20 Å². The van der Waals surface area contributed by atoms with Crippen molar-refractivity contribution in [1.82, 2.24) is 4.98 Å². The molecule has 0 aliphatic carbocycles. The number of aromatic nitrogens is 1. The van der Waals surface area contributed by atoms with E-state index < -0.39 is 17.8 Å². The molecule has 2 N–H and O–H groups in total. The fourth-order valence-corrected chi connectivity index (χ4v) is 0.897. The van der Waals surface area contributed by atoms with Gasteiger partial charge in [0.25, 0.3) is 0 Å². The van der Waals surface area contributed by atoms with E-state index in [1.807, 2.05) is 0 Å². The highest BCUT2D eigenvalue weighted by Gasteiger charge is 2.33. The number of nitrogens with zero attached hydrogens (tertiary/aromatic N) is 2. The van der Waals surface area contributed by atoms with E-state index in [4.69, 9.17) is 11.0 Å². The van der Waals surface area contributed by atoms with Gasteiger partial charge in [0.15, 0.2) is 0 Å². The van der Waals surface area contributed by atoms with Crippen molar-refractivity contribution < 1.29 is 17.9 Å². The fourth-order valence-electron chi connectivity index (χ4n) is 0.897. The minimum Gasteiger partial charge on any atom is -0.397 e. The molecule has 0 spiro atoms. The number of halogens is 3. The van der Waals surface area contributed by atoms with Crippen LogP contribution in [0.25, 0.3) is 0 Å². The van der Waals surface area contributed by atoms with Crippen LogP contribution in [0.3, 0.4) is 0 Å². The Morgan fingerprint density at radius 3 is 2.60 bits per heavy atom. The summed E-state index contributed by atoms with van der Waals surface area (Å²) in [4.78, 5) is 3.35. The first kappa shape index (κ1) is 11.1. The Balaban J connectivity index is 3.21. The molecule has 15 heavy (non-hydrogen) atoms. The molecule has 7 heteroatoms.